The number of hydrogen-bond donors (Lipinski definition) is 0. The monoisotopic (exact) mass is 245 g/mol. The number of ether oxygens (including phenoxy) is 1. The van der Waals surface area contributed by atoms with Crippen molar-refractivity contribution in [3.05, 3.63) is 41.5 Å². The second-order valence-corrected chi connectivity index (χ2v) is 5.35. The van der Waals surface area contributed by atoms with Gasteiger partial charge in [0.15, 0.2) is 0 Å². The minimum Gasteiger partial charge on any atom is -0.373 e. The molecule has 2 rings (SSSR count). The summed E-state index contributed by atoms with van der Waals surface area (Å²) in [4.78, 5) is 2.48. The largest absolute Gasteiger partial charge is 0.373 e. The topological polar surface area (TPSA) is 12.5 Å². The summed E-state index contributed by atoms with van der Waals surface area (Å²) in [6.07, 6.45) is 2.96. The molecule has 18 heavy (non-hydrogen) atoms. The first kappa shape index (κ1) is 13.3. The predicted molar refractivity (Wildman–Crippen MR) is 76.5 cm³/mol. The summed E-state index contributed by atoms with van der Waals surface area (Å²) in [6, 6.07) is 10.5. The Morgan fingerprint density at radius 1 is 1.22 bits per heavy atom. The maximum absolute atomic E-state index is 5.76. The molecule has 1 aliphatic rings. The Kier molecular flexibility index (Phi) is 4.56. The van der Waals surface area contributed by atoms with Crippen LogP contribution in [0.2, 0.25) is 0 Å². The fraction of sp³-hybridized carbons (Fsp3) is 0.500. The summed E-state index contributed by atoms with van der Waals surface area (Å²) in [5.41, 5.74) is 2.69. The molecule has 1 aromatic carbocycles. The molecule has 0 bridgehead atoms. The van der Waals surface area contributed by atoms with E-state index in [2.05, 4.69) is 62.1 Å². The molecule has 0 amide bonds. The third kappa shape index (κ3) is 3.97. The summed E-state index contributed by atoms with van der Waals surface area (Å²) in [5, 5.41) is 0. The summed E-state index contributed by atoms with van der Waals surface area (Å²) < 4.78 is 5.76. The molecule has 1 aromatic rings. The highest BCUT2D eigenvalue weighted by atomic mass is 16.5. The van der Waals surface area contributed by atoms with Crippen LogP contribution in [0, 0.1) is 0 Å². The average molecular weight is 245 g/mol. The predicted octanol–water partition coefficient (Wildman–Crippen LogP) is 3.20. The lowest BCUT2D eigenvalue weighted by Gasteiger charge is -2.35. The summed E-state index contributed by atoms with van der Waals surface area (Å²) >= 11 is 0. The van der Waals surface area contributed by atoms with Gasteiger partial charge in [0.25, 0.3) is 0 Å². The van der Waals surface area contributed by atoms with Crippen LogP contribution in [0.25, 0.3) is 6.08 Å². The van der Waals surface area contributed by atoms with Gasteiger partial charge < -0.3 is 4.74 Å². The van der Waals surface area contributed by atoms with E-state index in [1.807, 2.05) is 0 Å². The maximum atomic E-state index is 5.76. The zero-order valence-electron chi connectivity index (χ0n) is 11.6. The SMILES string of the molecule is C/C(=C\c1ccccc1)CN1CC(C)OC(C)C1. The van der Waals surface area contributed by atoms with Crippen LogP contribution in [0.3, 0.4) is 0 Å². The average Bonchev–Trinajstić information content (AvgIpc) is 2.28. The van der Waals surface area contributed by atoms with E-state index < -0.39 is 0 Å². The molecular formula is C16H23NO. The molecule has 2 atom stereocenters. The molecule has 0 aliphatic carbocycles. The minimum absolute atomic E-state index is 0.346. The fourth-order valence-electron chi connectivity index (χ4n) is 2.65. The van der Waals surface area contributed by atoms with Crippen LogP contribution in [0.5, 0.6) is 0 Å². The van der Waals surface area contributed by atoms with E-state index in [-0.39, 0.29) is 0 Å². The first-order chi connectivity index (χ1) is 8.63. The molecule has 0 aromatic heterocycles. The zero-order valence-corrected chi connectivity index (χ0v) is 11.6. The van der Waals surface area contributed by atoms with E-state index in [0.29, 0.717) is 12.2 Å². The van der Waals surface area contributed by atoms with E-state index in [9.17, 15) is 0 Å². The quantitative estimate of drug-likeness (QED) is 0.811. The van der Waals surface area contributed by atoms with Crippen LogP contribution in [0.1, 0.15) is 26.3 Å². The first-order valence-corrected chi connectivity index (χ1v) is 6.73. The lowest BCUT2D eigenvalue weighted by atomic mass is 10.1. The smallest absolute Gasteiger partial charge is 0.0678 e. The second kappa shape index (κ2) is 6.17. The summed E-state index contributed by atoms with van der Waals surface area (Å²) in [6.45, 7) is 9.61. The van der Waals surface area contributed by atoms with Gasteiger partial charge in [-0.05, 0) is 26.3 Å². The van der Waals surface area contributed by atoms with Gasteiger partial charge in [-0.1, -0.05) is 42.0 Å². The standard InChI is InChI=1S/C16H23NO/c1-13(9-16-7-5-4-6-8-16)10-17-11-14(2)18-15(3)12-17/h4-9,14-15H,10-12H2,1-3H3/b13-9+. The van der Waals surface area contributed by atoms with Crippen LogP contribution < -0.4 is 0 Å². The van der Waals surface area contributed by atoms with Crippen molar-refractivity contribution in [1.82, 2.24) is 4.90 Å². The van der Waals surface area contributed by atoms with Crippen LogP contribution in [0.4, 0.5) is 0 Å². The first-order valence-electron chi connectivity index (χ1n) is 6.73. The van der Waals surface area contributed by atoms with E-state index in [0.717, 1.165) is 19.6 Å². The Hall–Kier alpha value is -1.12. The van der Waals surface area contributed by atoms with Crippen molar-refractivity contribution < 1.29 is 4.74 Å². The normalized spacial score (nSPS) is 26.3. The van der Waals surface area contributed by atoms with Crippen molar-refractivity contribution >= 4 is 6.08 Å². The molecule has 0 N–H and O–H groups in total. The summed E-state index contributed by atoms with van der Waals surface area (Å²) in [5.74, 6) is 0. The van der Waals surface area contributed by atoms with Crippen molar-refractivity contribution in [1.29, 1.82) is 0 Å². The van der Waals surface area contributed by atoms with E-state index >= 15 is 0 Å². The van der Waals surface area contributed by atoms with Gasteiger partial charge in [0.05, 0.1) is 12.2 Å². The number of rotatable bonds is 3. The van der Waals surface area contributed by atoms with E-state index in [1.54, 1.807) is 0 Å². The molecule has 0 saturated carbocycles. The molecule has 0 spiro atoms. The summed E-state index contributed by atoms with van der Waals surface area (Å²) in [7, 11) is 0. The molecule has 1 aliphatic heterocycles. The van der Waals surface area contributed by atoms with Crippen LogP contribution in [-0.4, -0.2) is 36.7 Å². The number of nitrogens with zero attached hydrogens (tertiary/aromatic N) is 1. The minimum atomic E-state index is 0.346. The maximum Gasteiger partial charge on any atom is 0.0678 e. The van der Waals surface area contributed by atoms with Crippen molar-refractivity contribution in [3.63, 3.8) is 0 Å². The lowest BCUT2D eigenvalue weighted by molar-refractivity contribution is -0.0652. The van der Waals surface area contributed by atoms with Crippen molar-refractivity contribution in [2.45, 2.75) is 33.0 Å². The Bertz CT molecular complexity index is 389. The molecular weight excluding hydrogens is 222 g/mol. The van der Waals surface area contributed by atoms with E-state index in [4.69, 9.17) is 4.74 Å². The highest BCUT2D eigenvalue weighted by Crippen LogP contribution is 2.13. The van der Waals surface area contributed by atoms with Gasteiger partial charge in [0.2, 0.25) is 0 Å². The third-order valence-corrected chi connectivity index (χ3v) is 3.18. The third-order valence-electron chi connectivity index (χ3n) is 3.18. The van der Waals surface area contributed by atoms with Crippen molar-refractivity contribution in [2.75, 3.05) is 19.6 Å². The van der Waals surface area contributed by atoms with Gasteiger partial charge in [-0.3, -0.25) is 4.90 Å². The Balaban J connectivity index is 1.94. The van der Waals surface area contributed by atoms with Crippen molar-refractivity contribution in [3.8, 4) is 0 Å². The van der Waals surface area contributed by atoms with Crippen LogP contribution in [0.15, 0.2) is 35.9 Å². The van der Waals surface area contributed by atoms with Crippen molar-refractivity contribution in [2.24, 2.45) is 0 Å². The number of hydrogen-bond acceptors (Lipinski definition) is 2. The highest BCUT2D eigenvalue weighted by Gasteiger charge is 2.21. The molecule has 2 heteroatoms. The van der Waals surface area contributed by atoms with Gasteiger partial charge in [-0.25, -0.2) is 0 Å². The van der Waals surface area contributed by atoms with Gasteiger partial charge >= 0.3 is 0 Å². The van der Waals surface area contributed by atoms with Crippen LogP contribution in [-0.2, 0) is 4.74 Å². The number of morpholine rings is 1. The van der Waals surface area contributed by atoms with Crippen LogP contribution >= 0.6 is 0 Å². The molecule has 1 saturated heterocycles. The Labute approximate surface area is 110 Å². The number of benzene rings is 1. The Morgan fingerprint density at radius 3 is 2.44 bits per heavy atom. The highest BCUT2D eigenvalue weighted by molar-refractivity contribution is 5.52. The molecule has 2 nitrogen and oxygen atoms in total. The van der Waals surface area contributed by atoms with Gasteiger partial charge in [-0.15, -0.1) is 0 Å². The molecule has 98 valence electrons. The lowest BCUT2D eigenvalue weighted by Crippen LogP contribution is -2.45. The zero-order chi connectivity index (χ0) is 13.0. The fourth-order valence-corrected chi connectivity index (χ4v) is 2.65. The molecule has 1 fully saturated rings. The second-order valence-electron chi connectivity index (χ2n) is 5.35. The van der Waals surface area contributed by atoms with Gasteiger partial charge in [-0.2, -0.15) is 0 Å². The van der Waals surface area contributed by atoms with E-state index in [1.165, 1.54) is 11.1 Å². The molecule has 2 unspecified atom stereocenters. The van der Waals surface area contributed by atoms with Gasteiger partial charge in [0, 0.05) is 19.6 Å². The molecule has 1 heterocycles. The Morgan fingerprint density at radius 2 is 1.83 bits per heavy atom. The molecule has 0 radical (unpaired) electrons. The van der Waals surface area contributed by atoms with Gasteiger partial charge in [0.1, 0.15) is 0 Å².